The largest absolute Gasteiger partial charge is 0.338 e. The molecular weight excluding hydrogens is 324 g/mol. The first kappa shape index (κ1) is 17.2. The van der Waals surface area contributed by atoms with Gasteiger partial charge in [-0.2, -0.15) is 0 Å². The molecule has 5 nitrogen and oxygen atoms in total. The molecule has 0 radical (unpaired) electrons. The van der Waals surface area contributed by atoms with E-state index in [0.717, 1.165) is 18.4 Å². The van der Waals surface area contributed by atoms with Gasteiger partial charge in [0, 0.05) is 18.8 Å². The highest BCUT2D eigenvalue weighted by atomic mass is 35.5. The molecule has 2 heterocycles. The molecule has 22 heavy (non-hydrogen) atoms. The second-order valence-electron chi connectivity index (χ2n) is 5.66. The quantitative estimate of drug-likeness (QED) is 0.741. The van der Waals surface area contributed by atoms with Gasteiger partial charge in [0.1, 0.15) is 5.15 Å². The minimum absolute atomic E-state index is 0.0420. The third kappa shape index (κ3) is 4.68. The molecule has 0 aromatic carbocycles. The van der Waals surface area contributed by atoms with Gasteiger partial charge in [0.15, 0.2) is 9.84 Å². The summed E-state index contributed by atoms with van der Waals surface area (Å²) in [6.07, 6.45) is 4.19. The van der Waals surface area contributed by atoms with Crippen LogP contribution >= 0.6 is 11.6 Å². The lowest BCUT2D eigenvalue weighted by Gasteiger charge is -2.28. The minimum atomic E-state index is -3.00. The number of amides is 1. The molecule has 0 aliphatic carbocycles. The van der Waals surface area contributed by atoms with Gasteiger partial charge in [-0.3, -0.25) is 4.79 Å². The summed E-state index contributed by atoms with van der Waals surface area (Å²) in [4.78, 5) is 18.3. The van der Waals surface area contributed by atoms with Crippen LogP contribution in [0.3, 0.4) is 0 Å². The van der Waals surface area contributed by atoms with Gasteiger partial charge in [0.25, 0.3) is 0 Å². The van der Waals surface area contributed by atoms with Gasteiger partial charge in [-0.1, -0.05) is 31.0 Å². The standard InChI is InChI=1S/C15H21ClN2O3S/c1-2-3-7-18(13-6-8-22(20,21)11-13)15(19)9-12-4-5-14(16)17-10-12/h4-5,10,13H,2-3,6-9,11H2,1H3. The fraction of sp³-hybridized carbons (Fsp3) is 0.600. The zero-order chi connectivity index (χ0) is 16.2. The SMILES string of the molecule is CCCCN(C(=O)Cc1ccc(Cl)nc1)C1CCS(=O)(=O)C1. The summed E-state index contributed by atoms with van der Waals surface area (Å²) in [5, 5.41) is 0.390. The highest BCUT2D eigenvalue weighted by Gasteiger charge is 2.34. The maximum atomic E-state index is 12.6. The third-order valence-corrected chi connectivity index (χ3v) is 5.84. The van der Waals surface area contributed by atoms with E-state index >= 15 is 0 Å². The van der Waals surface area contributed by atoms with Crippen molar-refractivity contribution in [2.24, 2.45) is 0 Å². The Bertz CT molecular complexity index is 616. The van der Waals surface area contributed by atoms with Gasteiger partial charge in [0.2, 0.25) is 5.91 Å². The molecule has 1 aliphatic rings. The van der Waals surface area contributed by atoms with Crippen LogP contribution < -0.4 is 0 Å². The zero-order valence-corrected chi connectivity index (χ0v) is 14.2. The summed E-state index contributed by atoms with van der Waals surface area (Å²) in [6.45, 7) is 2.66. The molecule has 1 unspecified atom stereocenters. The van der Waals surface area contributed by atoms with Crippen LogP contribution in [0.1, 0.15) is 31.7 Å². The van der Waals surface area contributed by atoms with Gasteiger partial charge < -0.3 is 4.90 Å². The molecule has 7 heteroatoms. The summed E-state index contributed by atoms with van der Waals surface area (Å²) >= 11 is 5.74. The summed E-state index contributed by atoms with van der Waals surface area (Å²) < 4.78 is 23.3. The number of carbonyl (C=O) groups is 1. The van der Waals surface area contributed by atoms with Crippen LogP contribution in [0.15, 0.2) is 18.3 Å². The number of pyridine rings is 1. The fourth-order valence-electron chi connectivity index (χ4n) is 2.65. The van der Waals surface area contributed by atoms with Crippen molar-refractivity contribution in [3.05, 3.63) is 29.0 Å². The van der Waals surface area contributed by atoms with Crippen molar-refractivity contribution in [3.63, 3.8) is 0 Å². The van der Waals surface area contributed by atoms with Crippen molar-refractivity contribution < 1.29 is 13.2 Å². The van der Waals surface area contributed by atoms with Gasteiger partial charge in [-0.25, -0.2) is 13.4 Å². The molecule has 0 bridgehead atoms. The predicted octanol–water partition coefficient (Wildman–Crippen LogP) is 2.09. The number of sulfone groups is 1. The van der Waals surface area contributed by atoms with Crippen LogP contribution in [0.4, 0.5) is 0 Å². The second kappa shape index (κ2) is 7.42. The molecule has 1 amide bonds. The Kier molecular flexibility index (Phi) is 5.81. The number of hydrogen-bond acceptors (Lipinski definition) is 4. The van der Waals surface area contributed by atoms with Gasteiger partial charge in [0.05, 0.1) is 17.9 Å². The Balaban J connectivity index is 2.07. The van der Waals surface area contributed by atoms with Crippen molar-refractivity contribution >= 4 is 27.3 Å². The Hall–Kier alpha value is -1.14. The molecule has 0 saturated carbocycles. The van der Waals surface area contributed by atoms with Crippen molar-refractivity contribution in [3.8, 4) is 0 Å². The van der Waals surface area contributed by atoms with Gasteiger partial charge in [-0.15, -0.1) is 0 Å². The maximum absolute atomic E-state index is 12.6. The molecule has 1 aromatic heterocycles. The molecule has 1 atom stereocenters. The number of rotatable bonds is 6. The maximum Gasteiger partial charge on any atom is 0.227 e. The van der Waals surface area contributed by atoms with Crippen molar-refractivity contribution in [2.75, 3.05) is 18.1 Å². The highest BCUT2D eigenvalue weighted by Crippen LogP contribution is 2.20. The topological polar surface area (TPSA) is 67.3 Å². The third-order valence-electron chi connectivity index (χ3n) is 3.87. The van der Waals surface area contributed by atoms with Gasteiger partial charge >= 0.3 is 0 Å². The Labute approximate surface area is 136 Å². The predicted molar refractivity (Wildman–Crippen MR) is 86.6 cm³/mol. The number of halogens is 1. The molecular formula is C15H21ClN2O3S. The van der Waals surface area contributed by atoms with Gasteiger partial charge in [-0.05, 0) is 24.5 Å². The van der Waals surface area contributed by atoms with E-state index in [1.165, 1.54) is 0 Å². The highest BCUT2D eigenvalue weighted by molar-refractivity contribution is 7.91. The van der Waals surface area contributed by atoms with E-state index in [2.05, 4.69) is 11.9 Å². The molecule has 2 rings (SSSR count). The van der Waals surface area contributed by atoms with Crippen LogP contribution in [0.5, 0.6) is 0 Å². The van der Waals surface area contributed by atoms with Crippen molar-refractivity contribution in [1.29, 1.82) is 0 Å². The average molecular weight is 345 g/mol. The van der Waals surface area contributed by atoms with E-state index in [1.54, 1.807) is 23.2 Å². The summed E-state index contributed by atoms with van der Waals surface area (Å²) in [7, 11) is -3.00. The first-order valence-corrected chi connectivity index (χ1v) is 9.71. The number of nitrogens with zero attached hydrogens (tertiary/aromatic N) is 2. The van der Waals surface area contributed by atoms with Crippen LogP contribution in [0.2, 0.25) is 5.15 Å². The van der Waals surface area contributed by atoms with Crippen molar-refractivity contribution in [2.45, 2.75) is 38.6 Å². The van der Waals surface area contributed by atoms with Crippen molar-refractivity contribution in [1.82, 2.24) is 9.88 Å². The zero-order valence-electron chi connectivity index (χ0n) is 12.7. The van der Waals surface area contributed by atoms with E-state index in [4.69, 9.17) is 11.6 Å². The Morgan fingerprint density at radius 3 is 2.77 bits per heavy atom. The van der Waals surface area contributed by atoms with E-state index < -0.39 is 9.84 Å². The van der Waals surface area contributed by atoms with E-state index in [-0.39, 0.29) is 29.9 Å². The molecule has 1 fully saturated rings. The summed E-state index contributed by atoms with van der Waals surface area (Å²) in [5.74, 6) is 0.219. The first-order chi connectivity index (χ1) is 10.4. The van der Waals surface area contributed by atoms with Crippen LogP contribution in [-0.4, -0.2) is 48.3 Å². The normalized spacial score (nSPS) is 20.0. The van der Waals surface area contributed by atoms with Crippen LogP contribution in [-0.2, 0) is 21.1 Å². The molecule has 122 valence electrons. The number of aromatic nitrogens is 1. The van der Waals surface area contributed by atoms with Crippen LogP contribution in [0, 0.1) is 0 Å². The lowest BCUT2D eigenvalue weighted by Crippen LogP contribution is -2.42. The fourth-order valence-corrected chi connectivity index (χ4v) is 4.49. The monoisotopic (exact) mass is 344 g/mol. The summed E-state index contributed by atoms with van der Waals surface area (Å²) in [6, 6.07) is 3.24. The lowest BCUT2D eigenvalue weighted by molar-refractivity contribution is -0.132. The average Bonchev–Trinajstić information content (AvgIpc) is 2.82. The van der Waals surface area contributed by atoms with Crippen LogP contribution in [0.25, 0.3) is 0 Å². The molecule has 0 spiro atoms. The smallest absolute Gasteiger partial charge is 0.227 e. The minimum Gasteiger partial charge on any atom is -0.338 e. The second-order valence-corrected chi connectivity index (χ2v) is 8.28. The van der Waals surface area contributed by atoms with E-state index in [9.17, 15) is 13.2 Å². The Morgan fingerprint density at radius 1 is 1.45 bits per heavy atom. The molecule has 0 N–H and O–H groups in total. The first-order valence-electron chi connectivity index (χ1n) is 7.51. The summed E-state index contributed by atoms with van der Waals surface area (Å²) in [5.41, 5.74) is 0.789. The molecule has 1 aromatic rings. The van der Waals surface area contributed by atoms with E-state index in [0.29, 0.717) is 18.1 Å². The Morgan fingerprint density at radius 2 is 2.23 bits per heavy atom. The number of carbonyl (C=O) groups excluding carboxylic acids is 1. The number of hydrogen-bond donors (Lipinski definition) is 0. The van der Waals surface area contributed by atoms with E-state index in [1.807, 2.05) is 0 Å². The molecule has 1 saturated heterocycles. The number of unbranched alkanes of at least 4 members (excludes halogenated alkanes) is 1. The molecule has 1 aliphatic heterocycles. The lowest BCUT2D eigenvalue weighted by atomic mass is 10.1.